The van der Waals surface area contributed by atoms with Gasteiger partial charge in [0.05, 0.1) is 6.61 Å². The molecule has 1 aromatic carbocycles. The van der Waals surface area contributed by atoms with Gasteiger partial charge in [-0.25, -0.2) is 0 Å². The maximum absolute atomic E-state index is 9.26. The summed E-state index contributed by atoms with van der Waals surface area (Å²) in [5.41, 5.74) is 2.81. The van der Waals surface area contributed by atoms with Gasteiger partial charge in [0.15, 0.2) is 0 Å². The van der Waals surface area contributed by atoms with E-state index >= 15 is 0 Å². The van der Waals surface area contributed by atoms with E-state index in [-0.39, 0.29) is 12.6 Å². The molecule has 17 heavy (non-hydrogen) atoms. The van der Waals surface area contributed by atoms with Crippen LogP contribution in [0.5, 0.6) is 0 Å². The molecule has 2 N–H and O–H groups in total. The van der Waals surface area contributed by atoms with E-state index in [2.05, 4.69) is 43.4 Å². The Bertz CT molecular complexity index is 358. The average molecular weight is 233 g/mol. The molecular weight excluding hydrogens is 210 g/mol. The lowest BCUT2D eigenvalue weighted by atomic mass is 10.0. The van der Waals surface area contributed by atoms with E-state index in [4.69, 9.17) is 0 Å². The lowest BCUT2D eigenvalue weighted by molar-refractivity contribution is 0.210. The Hall–Kier alpha value is -0.860. The molecule has 2 rings (SSSR count). The molecule has 94 valence electrons. The fourth-order valence-corrected chi connectivity index (χ4v) is 2.13. The van der Waals surface area contributed by atoms with Gasteiger partial charge in [-0.3, -0.25) is 0 Å². The molecular formula is C15H23NO. The zero-order valence-electron chi connectivity index (χ0n) is 10.8. The van der Waals surface area contributed by atoms with Crippen molar-refractivity contribution in [2.75, 3.05) is 6.61 Å². The Kier molecular flexibility index (Phi) is 4.19. The first kappa shape index (κ1) is 12.6. The first-order valence-corrected chi connectivity index (χ1v) is 6.63. The molecule has 1 aromatic rings. The van der Waals surface area contributed by atoms with Crippen molar-refractivity contribution >= 4 is 0 Å². The summed E-state index contributed by atoms with van der Waals surface area (Å²) in [6.45, 7) is 5.33. The summed E-state index contributed by atoms with van der Waals surface area (Å²) in [7, 11) is 0. The molecule has 0 saturated heterocycles. The number of hydrogen-bond acceptors (Lipinski definition) is 2. The number of aliphatic hydroxyl groups excluding tert-OH is 1. The minimum absolute atomic E-state index is 0.194. The second-order valence-corrected chi connectivity index (χ2v) is 5.43. The van der Waals surface area contributed by atoms with Crippen molar-refractivity contribution in [3.05, 3.63) is 35.4 Å². The van der Waals surface area contributed by atoms with Gasteiger partial charge in [0.25, 0.3) is 0 Å². The number of rotatable bonds is 6. The summed E-state index contributed by atoms with van der Waals surface area (Å²) in [5, 5.41) is 12.7. The van der Waals surface area contributed by atoms with E-state index < -0.39 is 0 Å². The zero-order chi connectivity index (χ0) is 12.3. The fourth-order valence-electron chi connectivity index (χ4n) is 2.13. The van der Waals surface area contributed by atoms with Gasteiger partial charge in [0.2, 0.25) is 0 Å². The Morgan fingerprint density at radius 3 is 2.71 bits per heavy atom. The van der Waals surface area contributed by atoms with Crippen LogP contribution in [-0.4, -0.2) is 17.8 Å². The van der Waals surface area contributed by atoms with Crippen LogP contribution in [0.1, 0.15) is 43.7 Å². The van der Waals surface area contributed by atoms with E-state index in [1.54, 1.807) is 0 Å². The van der Waals surface area contributed by atoms with E-state index in [0.717, 1.165) is 12.5 Å². The summed E-state index contributed by atoms with van der Waals surface area (Å²) in [6, 6.07) is 9.04. The maximum Gasteiger partial charge on any atom is 0.0587 e. The molecule has 0 radical (unpaired) electrons. The van der Waals surface area contributed by atoms with Crippen LogP contribution < -0.4 is 5.32 Å². The van der Waals surface area contributed by atoms with Crippen molar-refractivity contribution in [1.82, 2.24) is 5.32 Å². The highest BCUT2D eigenvalue weighted by atomic mass is 16.3. The summed E-state index contributed by atoms with van der Waals surface area (Å²) in [5.74, 6) is 1.28. The predicted octanol–water partition coefficient (Wildman–Crippen LogP) is 2.67. The Morgan fingerprint density at radius 1 is 1.35 bits per heavy atom. The zero-order valence-corrected chi connectivity index (χ0v) is 10.8. The van der Waals surface area contributed by atoms with Crippen LogP contribution in [0.3, 0.4) is 0 Å². The van der Waals surface area contributed by atoms with Gasteiger partial charge in [-0.15, -0.1) is 0 Å². The monoisotopic (exact) mass is 233 g/mol. The predicted molar refractivity (Wildman–Crippen MR) is 71.0 cm³/mol. The smallest absolute Gasteiger partial charge is 0.0587 e. The van der Waals surface area contributed by atoms with Crippen molar-refractivity contribution in [2.24, 2.45) is 5.92 Å². The Morgan fingerprint density at radius 2 is 2.12 bits per heavy atom. The van der Waals surface area contributed by atoms with Gasteiger partial charge in [0.1, 0.15) is 0 Å². The normalized spacial score (nSPS) is 17.4. The standard InChI is InChI=1S/C15H23NO/c1-11(2)15(10-17)16-9-12-4-3-5-14(8-12)13-6-7-13/h3-5,8,11,13,15-17H,6-7,9-10H2,1-2H3/t15-/m1/s1. The van der Waals surface area contributed by atoms with Gasteiger partial charge in [-0.1, -0.05) is 38.1 Å². The average Bonchev–Trinajstić information content (AvgIpc) is 3.13. The SMILES string of the molecule is CC(C)[C@@H](CO)NCc1cccc(C2CC2)c1. The van der Waals surface area contributed by atoms with Crippen LogP contribution in [0, 0.1) is 5.92 Å². The number of hydrogen-bond donors (Lipinski definition) is 2. The lowest BCUT2D eigenvalue weighted by Crippen LogP contribution is -2.36. The Balaban J connectivity index is 1.91. The van der Waals surface area contributed by atoms with E-state index in [9.17, 15) is 5.11 Å². The van der Waals surface area contributed by atoms with E-state index in [1.807, 2.05) is 0 Å². The summed E-state index contributed by atoms with van der Waals surface area (Å²) < 4.78 is 0. The summed E-state index contributed by atoms with van der Waals surface area (Å²) in [6.07, 6.45) is 2.70. The van der Waals surface area contributed by atoms with Gasteiger partial charge < -0.3 is 10.4 Å². The van der Waals surface area contributed by atoms with Gasteiger partial charge in [0, 0.05) is 12.6 Å². The highest BCUT2D eigenvalue weighted by Gasteiger charge is 2.23. The molecule has 1 fully saturated rings. The number of nitrogens with one attached hydrogen (secondary N) is 1. The molecule has 0 spiro atoms. The molecule has 1 saturated carbocycles. The molecule has 0 heterocycles. The third-order valence-corrected chi connectivity index (χ3v) is 3.57. The molecule has 2 heteroatoms. The van der Waals surface area contributed by atoms with Crippen LogP contribution in [-0.2, 0) is 6.54 Å². The molecule has 1 aliphatic carbocycles. The molecule has 0 amide bonds. The topological polar surface area (TPSA) is 32.3 Å². The van der Waals surface area contributed by atoms with E-state index in [0.29, 0.717) is 5.92 Å². The third-order valence-electron chi connectivity index (χ3n) is 3.57. The van der Waals surface area contributed by atoms with Crippen molar-refractivity contribution < 1.29 is 5.11 Å². The lowest BCUT2D eigenvalue weighted by Gasteiger charge is -2.20. The van der Waals surface area contributed by atoms with E-state index in [1.165, 1.54) is 24.0 Å². The van der Waals surface area contributed by atoms with Gasteiger partial charge in [-0.05, 0) is 35.8 Å². The molecule has 0 unspecified atom stereocenters. The molecule has 1 aliphatic rings. The molecule has 0 aromatic heterocycles. The molecule has 2 nitrogen and oxygen atoms in total. The highest BCUT2D eigenvalue weighted by Crippen LogP contribution is 2.40. The minimum atomic E-state index is 0.194. The minimum Gasteiger partial charge on any atom is -0.395 e. The largest absolute Gasteiger partial charge is 0.395 e. The van der Waals surface area contributed by atoms with Crippen molar-refractivity contribution in [2.45, 2.75) is 45.2 Å². The maximum atomic E-state index is 9.26. The fraction of sp³-hybridized carbons (Fsp3) is 0.600. The first-order valence-electron chi connectivity index (χ1n) is 6.63. The Labute approximate surface area is 104 Å². The number of aliphatic hydroxyl groups is 1. The third kappa shape index (κ3) is 3.55. The van der Waals surface area contributed by atoms with Crippen LogP contribution >= 0.6 is 0 Å². The van der Waals surface area contributed by atoms with Gasteiger partial charge in [-0.2, -0.15) is 0 Å². The molecule has 0 aliphatic heterocycles. The second kappa shape index (κ2) is 5.65. The first-order chi connectivity index (χ1) is 8.20. The molecule has 0 bridgehead atoms. The van der Waals surface area contributed by atoms with Crippen LogP contribution in [0.2, 0.25) is 0 Å². The second-order valence-electron chi connectivity index (χ2n) is 5.43. The van der Waals surface area contributed by atoms with Crippen LogP contribution in [0.4, 0.5) is 0 Å². The van der Waals surface area contributed by atoms with Crippen LogP contribution in [0.15, 0.2) is 24.3 Å². The summed E-state index contributed by atoms with van der Waals surface area (Å²) in [4.78, 5) is 0. The highest BCUT2D eigenvalue weighted by molar-refractivity contribution is 5.29. The van der Waals surface area contributed by atoms with Gasteiger partial charge >= 0.3 is 0 Å². The number of benzene rings is 1. The molecule has 1 atom stereocenters. The van der Waals surface area contributed by atoms with Crippen molar-refractivity contribution in [3.63, 3.8) is 0 Å². The van der Waals surface area contributed by atoms with Crippen molar-refractivity contribution in [3.8, 4) is 0 Å². The van der Waals surface area contributed by atoms with Crippen molar-refractivity contribution in [1.29, 1.82) is 0 Å². The van der Waals surface area contributed by atoms with Crippen LogP contribution in [0.25, 0.3) is 0 Å². The summed E-state index contributed by atoms with van der Waals surface area (Å²) >= 11 is 0. The quantitative estimate of drug-likeness (QED) is 0.791.